The van der Waals surface area contributed by atoms with Gasteiger partial charge in [0.15, 0.2) is 5.69 Å². The van der Waals surface area contributed by atoms with Gasteiger partial charge in [-0.1, -0.05) is 29.3 Å². The summed E-state index contributed by atoms with van der Waals surface area (Å²) in [6.07, 6.45) is 1.70. The molecule has 7 heteroatoms. The van der Waals surface area contributed by atoms with E-state index in [1.54, 1.807) is 36.4 Å². The molecule has 0 unspecified atom stereocenters. The van der Waals surface area contributed by atoms with E-state index in [1.807, 2.05) is 0 Å². The number of halogens is 2. The minimum Gasteiger partial charge on any atom is -0.365 e. The third-order valence-corrected chi connectivity index (χ3v) is 3.07. The van der Waals surface area contributed by atoms with Crippen LogP contribution in [0.2, 0.25) is 10.0 Å². The maximum Gasteiger partial charge on any atom is 0.276 e. The van der Waals surface area contributed by atoms with Gasteiger partial charge in [0.05, 0.1) is 10.7 Å². The smallest absolute Gasteiger partial charge is 0.276 e. The average molecular weight is 323 g/mol. The third-order valence-electron chi connectivity index (χ3n) is 2.50. The Morgan fingerprint density at radius 2 is 2.05 bits per heavy atom. The van der Waals surface area contributed by atoms with Crippen molar-refractivity contribution < 1.29 is 4.79 Å². The molecule has 0 radical (unpaired) electrons. The Bertz CT molecular complexity index is 659. The average Bonchev–Trinajstić information content (AvgIpc) is 2.49. The molecule has 0 fully saturated rings. The lowest BCUT2D eigenvalue weighted by Crippen LogP contribution is -2.15. The minimum absolute atomic E-state index is 0.176. The molecule has 0 aliphatic heterocycles. The Hall–Kier alpha value is -2.11. The first kappa shape index (κ1) is 15.3. The largest absolute Gasteiger partial charge is 0.365 e. The van der Waals surface area contributed by atoms with Crippen LogP contribution in [-0.2, 0) is 0 Å². The Morgan fingerprint density at radius 1 is 1.24 bits per heavy atom. The van der Waals surface area contributed by atoms with E-state index in [4.69, 9.17) is 23.2 Å². The highest BCUT2D eigenvalue weighted by Crippen LogP contribution is 2.25. The summed E-state index contributed by atoms with van der Waals surface area (Å²) >= 11 is 11.8. The van der Waals surface area contributed by atoms with Gasteiger partial charge < -0.3 is 10.6 Å². The molecule has 108 valence electrons. The van der Waals surface area contributed by atoms with Crippen molar-refractivity contribution in [2.45, 2.75) is 0 Å². The fourth-order valence-electron chi connectivity index (χ4n) is 1.50. The zero-order chi connectivity index (χ0) is 15.2. The molecule has 1 aromatic carbocycles. The molecule has 1 amide bonds. The first-order valence-electron chi connectivity index (χ1n) is 6.05. The molecule has 21 heavy (non-hydrogen) atoms. The Kier molecular flexibility index (Phi) is 5.14. The normalized spacial score (nSPS) is 10.0. The number of hydrogen-bond acceptors (Lipinski definition) is 4. The second-order valence-electron chi connectivity index (χ2n) is 4.05. The zero-order valence-corrected chi connectivity index (χ0v) is 12.4. The highest BCUT2D eigenvalue weighted by molar-refractivity contribution is 6.35. The molecular weight excluding hydrogens is 311 g/mol. The predicted octanol–water partition coefficient (Wildman–Crippen LogP) is 3.63. The van der Waals surface area contributed by atoms with Crippen molar-refractivity contribution in [3.63, 3.8) is 0 Å². The van der Waals surface area contributed by atoms with Crippen LogP contribution in [0.3, 0.4) is 0 Å². The first-order chi connectivity index (χ1) is 10.1. The predicted molar refractivity (Wildman–Crippen MR) is 85.1 cm³/mol. The molecule has 0 aliphatic rings. The van der Waals surface area contributed by atoms with Crippen molar-refractivity contribution in [2.24, 2.45) is 0 Å². The van der Waals surface area contributed by atoms with Crippen molar-refractivity contribution >= 4 is 40.6 Å². The van der Waals surface area contributed by atoms with Crippen molar-refractivity contribution in [3.8, 4) is 0 Å². The molecular formula is C14H12Cl2N4O. The van der Waals surface area contributed by atoms with Crippen LogP contribution in [0.5, 0.6) is 0 Å². The lowest BCUT2D eigenvalue weighted by Gasteiger charge is -2.07. The number of aromatic nitrogens is 2. The molecule has 2 rings (SSSR count). The summed E-state index contributed by atoms with van der Waals surface area (Å²) in [5.41, 5.74) is 0.597. The van der Waals surface area contributed by atoms with Crippen LogP contribution in [0.4, 0.5) is 11.5 Å². The van der Waals surface area contributed by atoms with Gasteiger partial charge in [0, 0.05) is 11.6 Å². The maximum atomic E-state index is 12.1. The highest BCUT2D eigenvalue weighted by atomic mass is 35.5. The summed E-state index contributed by atoms with van der Waals surface area (Å²) < 4.78 is 0. The van der Waals surface area contributed by atoms with E-state index in [0.717, 1.165) is 0 Å². The van der Waals surface area contributed by atoms with E-state index >= 15 is 0 Å². The minimum atomic E-state index is -0.415. The van der Waals surface area contributed by atoms with Crippen molar-refractivity contribution in [2.75, 3.05) is 17.2 Å². The summed E-state index contributed by atoms with van der Waals surface area (Å²) in [6.45, 7) is 4.15. The van der Waals surface area contributed by atoms with Crippen LogP contribution in [0.15, 0.2) is 43.0 Å². The summed E-state index contributed by atoms with van der Waals surface area (Å²) in [4.78, 5) is 12.1. The van der Waals surface area contributed by atoms with Gasteiger partial charge in [-0.25, -0.2) is 0 Å². The number of carbonyl (C=O) groups is 1. The van der Waals surface area contributed by atoms with E-state index in [1.165, 1.54) is 0 Å². The SMILES string of the molecule is C=CCNc1ccc(C(=O)Nc2cc(Cl)ccc2Cl)nn1. The van der Waals surface area contributed by atoms with Gasteiger partial charge in [-0.3, -0.25) is 4.79 Å². The molecule has 2 aromatic rings. The highest BCUT2D eigenvalue weighted by Gasteiger charge is 2.11. The fourth-order valence-corrected chi connectivity index (χ4v) is 1.84. The number of amides is 1. The summed E-state index contributed by atoms with van der Waals surface area (Å²) in [6, 6.07) is 8.03. The standard InChI is InChI=1S/C14H12Cl2N4O/c1-2-7-17-13-6-5-11(19-20-13)14(21)18-12-8-9(15)3-4-10(12)16/h2-6,8H,1,7H2,(H,17,20)(H,18,21). The van der Waals surface area contributed by atoms with Crippen molar-refractivity contribution in [1.29, 1.82) is 0 Å². The van der Waals surface area contributed by atoms with E-state index in [-0.39, 0.29) is 5.69 Å². The Labute approximate surface area is 132 Å². The van der Waals surface area contributed by atoms with Gasteiger partial charge in [0.1, 0.15) is 5.82 Å². The van der Waals surface area contributed by atoms with Crippen LogP contribution >= 0.6 is 23.2 Å². The van der Waals surface area contributed by atoms with Gasteiger partial charge in [0.25, 0.3) is 5.91 Å². The van der Waals surface area contributed by atoms with Crippen LogP contribution in [0.1, 0.15) is 10.5 Å². The lowest BCUT2D eigenvalue weighted by atomic mass is 10.3. The van der Waals surface area contributed by atoms with E-state index < -0.39 is 5.91 Å². The van der Waals surface area contributed by atoms with Crippen LogP contribution in [-0.4, -0.2) is 22.6 Å². The monoisotopic (exact) mass is 322 g/mol. The lowest BCUT2D eigenvalue weighted by molar-refractivity contribution is 0.102. The number of anilines is 2. The molecule has 0 aliphatic carbocycles. The van der Waals surface area contributed by atoms with Gasteiger partial charge in [-0.05, 0) is 30.3 Å². The number of nitrogens with zero attached hydrogens (tertiary/aromatic N) is 2. The quantitative estimate of drug-likeness (QED) is 0.825. The van der Waals surface area contributed by atoms with Crippen LogP contribution in [0, 0.1) is 0 Å². The summed E-state index contributed by atoms with van der Waals surface area (Å²) in [5.74, 6) is 0.147. The van der Waals surface area contributed by atoms with Crippen molar-refractivity contribution in [1.82, 2.24) is 10.2 Å². The maximum absolute atomic E-state index is 12.1. The second-order valence-corrected chi connectivity index (χ2v) is 4.90. The van der Waals surface area contributed by atoms with Gasteiger partial charge in [0.2, 0.25) is 0 Å². The molecule has 0 bridgehead atoms. The zero-order valence-electron chi connectivity index (χ0n) is 10.9. The molecule has 1 heterocycles. The molecule has 1 aromatic heterocycles. The van der Waals surface area contributed by atoms with Crippen molar-refractivity contribution in [3.05, 3.63) is 58.7 Å². The fraction of sp³-hybridized carbons (Fsp3) is 0.0714. The molecule has 0 saturated carbocycles. The number of carbonyl (C=O) groups excluding carboxylic acids is 1. The first-order valence-corrected chi connectivity index (χ1v) is 6.80. The number of rotatable bonds is 5. The molecule has 0 spiro atoms. The third kappa shape index (κ3) is 4.18. The summed E-state index contributed by atoms with van der Waals surface area (Å²) in [5, 5.41) is 14.2. The molecule has 2 N–H and O–H groups in total. The number of benzene rings is 1. The molecule has 5 nitrogen and oxygen atoms in total. The van der Waals surface area contributed by atoms with E-state index in [2.05, 4.69) is 27.4 Å². The van der Waals surface area contributed by atoms with Gasteiger partial charge in [-0.2, -0.15) is 0 Å². The van der Waals surface area contributed by atoms with Gasteiger partial charge >= 0.3 is 0 Å². The van der Waals surface area contributed by atoms with Crippen LogP contribution < -0.4 is 10.6 Å². The summed E-state index contributed by atoms with van der Waals surface area (Å²) in [7, 11) is 0. The molecule has 0 atom stereocenters. The van der Waals surface area contributed by atoms with E-state index in [9.17, 15) is 4.79 Å². The molecule has 0 saturated heterocycles. The van der Waals surface area contributed by atoms with Gasteiger partial charge in [-0.15, -0.1) is 16.8 Å². The number of hydrogen-bond donors (Lipinski definition) is 2. The topological polar surface area (TPSA) is 66.9 Å². The Morgan fingerprint density at radius 3 is 2.71 bits per heavy atom. The Balaban J connectivity index is 2.09. The van der Waals surface area contributed by atoms with E-state index in [0.29, 0.717) is 28.1 Å². The van der Waals surface area contributed by atoms with Crippen LogP contribution in [0.25, 0.3) is 0 Å². The number of nitrogens with one attached hydrogen (secondary N) is 2. The second kappa shape index (κ2) is 7.06.